The third-order valence-electron chi connectivity index (χ3n) is 2.86. The van der Waals surface area contributed by atoms with Gasteiger partial charge in [-0.3, -0.25) is 4.79 Å². The number of nitrogens with one attached hydrogen (secondary N) is 1. The van der Waals surface area contributed by atoms with E-state index in [1.807, 2.05) is 0 Å². The molecule has 3 N–H and O–H groups in total. The van der Waals surface area contributed by atoms with Gasteiger partial charge in [0.05, 0.1) is 11.2 Å². The Morgan fingerprint density at radius 3 is 2.47 bits per heavy atom. The van der Waals surface area contributed by atoms with Crippen molar-refractivity contribution in [3.8, 4) is 0 Å². The number of nitrogens with two attached hydrogens (primary N) is 1. The summed E-state index contributed by atoms with van der Waals surface area (Å²) < 4.78 is 22.3. The molecular formula is C9H18N2O3S. The van der Waals surface area contributed by atoms with Crippen LogP contribution >= 0.6 is 0 Å². The molecule has 0 atom stereocenters. The molecule has 0 aromatic heterocycles. The van der Waals surface area contributed by atoms with Gasteiger partial charge < -0.3 is 11.1 Å². The highest BCUT2D eigenvalue weighted by molar-refractivity contribution is 7.91. The summed E-state index contributed by atoms with van der Waals surface area (Å²) >= 11 is 0. The summed E-state index contributed by atoms with van der Waals surface area (Å²) in [6.07, 6.45) is 1.63. The van der Waals surface area contributed by atoms with Crippen LogP contribution in [0.4, 0.5) is 0 Å². The fraction of sp³-hybridized carbons (Fsp3) is 0.889. The molecule has 1 aliphatic carbocycles. The van der Waals surface area contributed by atoms with E-state index in [9.17, 15) is 13.2 Å². The summed E-state index contributed by atoms with van der Waals surface area (Å²) in [5, 5.41) is 2.63. The second-order valence-electron chi connectivity index (χ2n) is 3.98. The Bertz CT molecular complexity index is 333. The first kappa shape index (κ1) is 12.4. The number of carbonyl (C=O) groups excluding carboxylic acids is 1. The topological polar surface area (TPSA) is 89.3 Å². The van der Waals surface area contributed by atoms with Crippen LogP contribution in [0.2, 0.25) is 0 Å². The van der Waals surface area contributed by atoms with E-state index < -0.39 is 15.3 Å². The fourth-order valence-electron chi connectivity index (χ4n) is 1.33. The molecule has 15 heavy (non-hydrogen) atoms. The van der Waals surface area contributed by atoms with E-state index in [4.69, 9.17) is 5.73 Å². The summed E-state index contributed by atoms with van der Waals surface area (Å²) in [4.78, 5) is 11.5. The summed E-state index contributed by atoms with van der Waals surface area (Å²) in [7, 11) is -2.99. The Hall–Kier alpha value is -0.620. The van der Waals surface area contributed by atoms with E-state index in [0.29, 0.717) is 6.54 Å². The summed E-state index contributed by atoms with van der Waals surface area (Å²) in [5.41, 5.74) is 5.08. The molecule has 88 valence electrons. The molecule has 0 aromatic rings. The molecule has 1 fully saturated rings. The van der Waals surface area contributed by atoms with Gasteiger partial charge in [0.15, 0.2) is 9.84 Å². The van der Waals surface area contributed by atoms with Crippen molar-refractivity contribution in [1.82, 2.24) is 5.32 Å². The van der Waals surface area contributed by atoms with Gasteiger partial charge in [-0.15, -0.1) is 0 Å². The summed E-state index contributed by atoms with van der Waals surface area (Å²) in [5.74, 6) is 0.0251. The van der Waals surface area contributed by atoms with Crippen LogP contribution in [-0.4, -0.2) is 38.9 Å². The van der Waals surface area contributed by atoms with Crippen molar-refractivity contribution in [3.05, 3.63) is 0 Å². The molecule has 0 spiro atoms. The minimum atomic E-state index is -2.99. The molecule has 0 heterocycles. The highest BCUT2D eigenvalue weighted by Gasteiger charge is 2.48. The van der Waals surface area contributed by atoms with E-state index in [1.54, 1.807) is 6.92 Å². The lowest BCUT2D eigenvalue weighted by Gasteiger charge is -2.12. The standard InChI is InChI=1S/C9H18N2O3S/c1-2-15(13,14)6-5-11-8(12)9(7-10)3-4-9/h2-7,10H2,1H3,(H,11,12). The van der Waals surface area contributed by atoms with E-state index >= 15 is 0 Å². The van der Waals surface area contributed by atoms with Gasteiger partial charge >= 0.3 is 0 Å². The van der Waals surface area contributed by atoms with Gasteiger partial charge in [0.25, 0.3) is 0 Å². The molecular weight excluding hydrogens is 216 g/mol. The van der Waals surface area contributed by atoms with Gasteiger partial charge in [-0.1, -0.05) is 6.92 Å². The van der Waals surface area contributed by atoms with Crippen molar-refractivity contribution in [2.24, 2.45) is 11.1 Å². The molecule has 0 saturated heterocycles. The molecule has 1 saturated carbocycles. The normalized spacial score (nSPS) is 18.5. The predicted molar refractivity (Wildman–Crippen MR) is 58.1 cm³/mol. The molecule has 1 rings (SSSR count). The van der Waals surface area contributed by atoms with Gasteiger partial charge in [-0.05, 0) is 12.8 Å². The fourth-order valence-corrected chi connectivity index (χ4v) is 2.03. The molecule has 0 unspecified atom stereocenters. The average molecular weight is 234 g/mol. The first-order valence-corrected chi connectivity index (χ1v) is 6.97. The van der Waals surface area contributed by atoms with E-state index in [1.165, 1.54) is 0 Å². The number of amides is 1. The number of sulfone groups is 1. The Morgan fingerprint density at radius 1 is 1.47 bits per heavy atom. The molecule has 1 amide bonds. The molecule has 0 bridgehead atoms. The first-order chi connectivity index (χ1) is 6.96. The molecule has 0 radical (unpaired) electrons. The number of rotatable bonds is 6. The van der Waals surface area contributed by atoms with Crippen LogP contribution < -0.4 is 11.1 Å². The highest BCUT2D eigenvalue weighted by atomic mass is 32.2. The molecule has 0 aromatic carbocycles. The van der Waals surface area contributed by atoms with Crippen LogP contribution in [0.25, 0.3) is 0 Å². The lowest BCUT2D eigenvalue weighted by Crippen LogP contribution is -2.38. The zero-order chi connectivity index (χ0) is 11.5. The maximum atomic E-state index is 11.5. The van der Waals surface area contributed by atoms with Crippen LogP contribution in [-0.2, 0) is 14.6 Å². The third-order valence-corrected chi connectivity index (χ3v) is 4.57. The SMILES string of the molecule is CCS(=O)(=O)CCNC(=O)C1(CN)CC1. The zero-order valence-corrected chi connectivity index (χ0v) is 9.77. The van der Waals surface area contributed by atoms with E-state index in [2.05, 4.69) is 5.32 Å². The van der Waals surface area contributed by atoms with Gasteiger partial charge in [-0.25, -0.2) is 8.42 Å². The number of hydrogen-bond donors (Lipinski definition) is 2. The molecule has 5 nitrogen and oxygen atoms in total. The van der Waals surface area contributed by atoms with Crippen molar-refractivity contribution in [1.29, 1.82) is 0 Å². The lowest BCUT2D eigenvalue weighted by atomic mass is 10.1. The third kappa shape index (κ3) is 3.17. The zero-order valence-electron chi connectivity index (χ0n) is 8.95. The van der Waals surface area contributed by atoms with Crippen molar-refractivity contribution >= 4 is 15.7 Å². The Morgan fingerprint density at radius 2 is 2.07 bits per heavy atom. The van der Waals surface area contributed by atoms with Crippen LogP contribution in [0.3, 0.4) is 0 Å². The lowest BCUT2D eigenvalue weighted by molar-refractivity contribution is -0.125. The Labute approximate surface area is 90.3 Å². The van der Waals surface area contributed by atoms with Gasteiger partial charge in [-0.2, -0.15) is 0 Å². The van der Waals surface area contributed by atoms with E-state index in [0.717, 1.165) is 12.8 Å². The van der Waals surface area contributed by atoms with Crippen LogP contribution in [0.15, 0.2) is 0 Å². The second-order valence-corrected chi connectivity index (χ2v) is 6.45. The minimum absolute atomic E-state index is 0.00981. The predicted octanol–water partition coefficient (Wildman–Crippen LogP) is -0.724. The maximum absolute atomic E-state index is 11.5. The van der Waals surface area contributed by atoms with Gasteiger partial charge in [0.1, 0.15) is 0 Å². The minimum Gasteiger partial charge on any atom is -0.355 e. The van der Waals surface area contributed by atoms with Crippen molar-refractivity contribution < 1.29 is 13.2 Å². The van der Waals surface area contributed by atoms with Crippen LogP contribution in [0.1, 0.15) is 19.8 Å². The van der Waals surface area contributed by atoms with Crippen LogP contribution in [0.5, 0.6) is 0 Å². The Kier molecular flexibility index (Phi) is 3.72. The van der Waals surface area contributed by atoms with Crippen molar-refractivity contribution in [2.75, 3.05) is 24.6 Å². The van der Waals surface area contributed by atoms with Gasteiger partial charge in [0, 0.05) is 18.8 Å². The summed E-state index contributed by atoms with van der Waals surface area (Å²) in [6.45, 7) is 2.13. The van der Waals surface area contributed by atoms with Crippen molar-refractivity contribution in [2.45, 2.75) is 19.8 Å². The molecule has 1 aliphatic rings. The van der Waals surface area contributed by atoms with Crippen LogP contribution in [0, 0.1) is 5.41 Å². The smallest absolute Gasteiger partial charge is 0.227 e. The number of hydrogen-bond acceptors (Lipinski definition) is 4. The first-order valence-electron chi connectivity index (χ1n) is 5.14. The average Bonchev–Trinajstić information content (AvgIpc) is 2.98. The van der Waals surface area contributed by atoms with E-state index in [-0.39, 0.29) is 24.0 Å². The maximum Gasteiger partial charge on any atom is 0.227 e. The quantitative estimate of drug-likeness (QED) is 0.634. The summed E-state index contributed by atoms with van der Waals surface area (Å²) in [6, 6.07) is 0. The monoisotopic (exact) mass is 234 g/mol. The second kappa shape index (κ2) is 4.49. The molecule has 0 aliphatic heterocycles. The van der Waals surface area contributed by atoms with Gasteiger partial charge in [0.2, 0.25) is 5.91 Å². The highest BCUT2D eigenvalue weighted by Crippen LogP contribution is 2.44. The number of carbonyl (C=O) groups is 1. The largest absolute Gasteiger partial charge is 0.355 e. The van der Waals surface area contributed by atoms with Crippen molar-refractivity contribution in [3.63, 3.8) is 0 Å². The Balaban J connectivity index is 2.30. The molecule has 6 heteroatoms.